The molecule has 1 amide bonds. The Balaban J connectivity index is 1.46. The van der Waals surface area contributed by atoms with Crippen molar-refractivity contribution in [1.29, 1.82) is 0 Å². The van der Waals surface area contributed by atoms with Gasteiger partial charge in [-0.1, -0.05) is 48.0 Å². The van der Waals surface area contributed by atoms with E-state index in [0.29, 0.717) is 17.3 Å². The van der Waals surface area contributed by atoms with Crippen LogP contribution in [0.15, 0.2) is 48.5 Å². The zero-order chi connectivity index (χ0) is 19.1. The first-order valence-corrected chi connectivity index (χ1v) is 9.56. The normalized spacial score (nSPS) is 15.9. The minimum Gasteiger partial charge on any atom is -0.479 e. The number of hydrogen-bond acceptors (Lipinski definition) is 4. The van der Waals surface area contributed by atoms with Gasteiger partial charge in [0.05, 0.1) is 18.2 Å². The highest BCUT2D eigenvalue weighted by atomic mass is 35.5. The summed E-state index contributed by atoms with van der Waals surface area (Å²) in [4.78, 5) is 14.6. The fraction of sp³-hybridized carbons (Fsp3) is 0.381. The fourth-order valence-corrected chi connectivity index (χ4v) is 3.08. The number of carbonyl (C=O) groups excluding carboxylic acids is 1. The average Bonchev–Trinajstić information content (AvgIpc) is 2.69. The molecule has 2 aromatic carbocycles. The Hall–Kier alpha value is -2.08. The molecule has 1 N–H and O–H groups in total. The standard InChI is InChI=1S/C21H25ClN2O3/c1-16(27-20-5-3-2-4-19(20)22)21(25)23-14-17-6-8-18(9-7-17)15-24-10-12-26-13-11-24/h2-9,16H,10-15H2,1H3,(H,23,25). The Morgan fingerprint density at radius 2 is 1.81 bits per heavy atom. The summed E-state index contributed by atoms with van der Waals surface area (Å²) >= 11 is 6.06. The van der Waals surface area contributed by atoms with E-state index < -0.39 is 6.10 Å². The first-order valence-electron chi connectivity index (χ1n) is 9.18. The van der Waals surface area contributed by atoms with Crippen molar-refractivity contribution in [2.75, 3.05) is 26.3 Å². The van der Waals surface area contributed by atoms with Crippen LogP contribution < -0.4 is 10.1 Å². The Bertz CT molecular complexity index is 745. The first kappa shape index (κ1) is 19.7. The Morgan fingerprint density at radius 1 is 1.15 bits per heavy atom. The fourth-order valence-electron chi connectivity index (χ4n) is 2.90. The number of benzene rings is 2. The third-order valence-corrected chi connectivity index (χ3v) is 4.82. The van der Waals surface area contributed by atoms with E-state index in [9.17, 15) is 4.79 Å². The number of para-hydroxylation sites is 1. The van der Waals surface area contributed by atoms with Gasteiger partial charge >= 0.3 is 0 Å². The number of morpholine rings is 1. The van der Waals surface area contributed by atoms with Gasteiger partial charge in [0.2, 0.25) is 0 Å². The number of carbonyl (C=O) groups is 1. The number of nitrogens with zero attached hydrogens (tertiary/aromatic N) is 1. The molecule has 5 nitrogen and oxygen atoms in total. The zero-order valence-corrected chi connectivity index (χ0v) is 16.2. The van der Waals surface area contributed by atoms with E-state index in [1.54, 1.807) is 19.1 Å². The van der Waals surface area contributed by atoms with E-state index in [0.717, 1.165) is 38.4 Å². The van der Waals surface area contributed by atoms with Crippen LogP contribution in [0.5, 0.6) is 5.75 Å². The molecule has 2 aromatic rings. The lowest BCUT2D eigenvalue weighted by atomic mass is 10.1. The predicted octanol–water partition coefficient (Wildman–Crippen LogP) is 3.26. The van der Waals surface area contributed by atoms with Gasteiger partial charge in [0.15, 0.2) is 6.10 Å². The summed E-state index contributed by atoms with van der Waals surface area (Å²) < 4.78 is 11.0. The van der Waals surface area contributed by atoms with Crippen LogP contribution in [0.25, 0.3) is 0 Å². The summed E-state index contributed by atoms with van der Waals surface area (Å²) in [6.45, 7) is 6.66. The van der Waals surface area contributed by atoms with Gasteiger partial charge in [-0.05, 0) is 30.2 Å². The second kappa shape index (κ2) is 9.74. The quantitative estimate of drug-likeness (QED) is 0.791. The highest BCUT2D eigenvalue weighted by molar-refractivity contribution is 6.32. The molecule has 27 heavy (non-hydrogen) atoms. The van der Waals surface area contributed by atoms with E-state index >= 15 is 0 Å². The average molecular weight is 389 g/mol. The second-order valence-corrected chi connectivity index (χ2v) is 7.02. The van der Waals surface area contributed by atoms with Crippen LogP contribution in [-0.2, 0) is 22.6 Å². The van der Waals surface area contributed by atoms with Crippen LogP contribution in [0.1, 0.15) is 18.1 Å². The maximum absolute atomic E-state index is 12.3. The number of ether oxygens (including phenoxy) is 2. The summed E-state index contributed by atoms with van der Waals surface area (Å²) in [5.41, 5.74) is 2.32. The lowest BCUT2D eigenvalue weighted by molar-refractivity contribution is -0.127. The van der Waals surface area contributed by atoms with Crippen LogP contribution in [0, 0.1) is 0 Å². The minimum atomic E-state index is -0.620. The summed E-state index contributed by atoms with van der Waals surface area (Å²) in [6, 6.07) is 15.5. The first-order chi connectivity index (χ1) is 13.1. The van der Waals surface area contributed by atoms with Gasteiger partial charge in [-0.2, -0.15) is 0 Å². The molecule has 3 rings (SSSR count). The molecular weight excluding hydrogens is 364 g/mol. The van der Waals surface area contributed by atoms with Crippen molar-refractivity contribution in [2.45, 2.75) is 26.1 Å². The summed E-state index contributed by atoms with van der Waals surface area (Å²) in [6.07, 6.45) is -0.620. The van der Waals surface area contributed by atoms with Gasteiger partial charge in [-0.15, -0.1) is 0 Å². The van der Waals surface area contributed by atoms with Crippen molar-refractivity contribution in [3.8, 4) is 5.75 Å². The maximum atomic E-state index is 12.3. The van der Waals surface area contributed by atoms with Crippen LogP contribution >= 0.6 is 11.6 Å². The van der Waals surface area contributed by atoms with Crippen LogP contribution in [-0.4, -0.2) is 43.2 Å². The molecule has 0 bridgehead atoms. The van der Waals surface area contributed by atoms with E-state index in [1.807, 2.05) is 12.1 Å². The van der Waals surface area contributed by atoms with Gasteiger partial charge in [-0.25, -0.2) is 0 Å². The molecule has 1 heterocycles. The molecule has 0 saturated carbocycles. The van der Waals surface area contributed by atoms with Gasteiger partial charge in [-0.3, -0.25) is 9.69 Å². The van der Waals surface area contributed by atoms with Crippen molar-refractivity contribution in [1.82, 2.24) is 10.2 Å². The highest BCUT2D eigenvalue weighted by Crippen LogP contribution is 2.24. The Labute approximate surface area is 165 Å². The van der Waals surface area contributed by atoms with Crippen molar-refractivity contribution < 1.29 is 14.3 Å². The summed E-state index contributed by atoms with van der Waals surface area (Å²) in [5, 5.41) is 3.40. The number of amides is 1. The molecule has 0 radical (unpaired) electrons. The maximum Gasteiger partial charge on any atom is 0.261 e. The molecule has 1 aliphatic rings. The largest absolute Gasteiger partial charge is 0.479 e. The second-order valence-electron chi connectivity index (χ2n) is 6.61. The molecule has 144 valence electrons. The monoisotopic (exact) mass is 388 g/mol. The Kier molecular flexibility index (Phi) is 7.10. The lowest BCUT2D eigenvalue weighted by Crippen LogP contribution is -2.36. The van der Waals surface area contributed by atoms with Crippen molar-refractivity contribution in [3.05, 3.63) is 64.7 Å². The minimum absolute atomic E-state index is 0.174. The Morgan fingerprint density at radius 3 is 2.52 bits per heavy atom. The smallest absolute Gasteiger partial charge is 0.261 e. The number of halogens is 1. The van der Waals surface area contributed by atoms with E-state index in [4.69, 9.17) is 21.1 Å². The topological polar surface area (TPSA) is 50.8 Å². The number of nitrogens with one attached hydrogen (secondary N) is 1. The van der Waals surface area contributed by atoms with Crippen LogP contribution in [0.2, 0.25) is 5.02 Å². The van der Waals surface area contributed by atoms with E-state index in [-0.39, 0.29) is 5.91 Å². The molecule has 0 spiro atoms. The SMILES string of the molecule is CC(Oc1ccccc1Cl)C(=O)NCc1ccc(CN2CCOCC2)cc1. The zero-order valence-electron chi connectivity index (χ0n) is 15.5. The molecule has 1 saturated heterocycles. The van der Waals surface area contributed by atoms with E-state index in [2.05, 4.69) is 34.5 Å². The van der Waals surface area contributed by atoms with Gasteiger partial charge in [0.1, 0.15) is 5.75 Å². The van der Waals surface area contributed by atoms with E-state index in [1.165, 1.54) is 5.56 Å². The van der Waals surface area contributed by atoms with Crippen LogP contribution in [0.3, 0.4) is 0 Å². The lowest BCUT2D eigenvalue weighted by Gasteiger charge is -2.26. The molecular formula is C21H25ClN2O3. The molecule has 1 unspecified atom stereocenters. The van der Waals surface area contributed by atoms with Crippen molar-refractivity contribution in [3.63, 3.8) is 0 Å². The third-order valence-electron chi connectivity index (χ3n) is 4.51. The molecule has 1 fully saturated rings. The molecule has 0 aromatic heterocycles. The van der Waals surface area contributed by atoms with Gasteiger partial charge in [0, 0.05) is 26.2 Å². The van der Waals surface area contributed by atoms with Crippen molar-refractivity contribution in [2.24, 2.45) is 0 Å². The molecule has 6 heteroatoms. The number of rotatable bonds is 7. The van der Waals surface area contributed by atoms with Gasteiger partial charge < -0.3 is 14.8 Å². The van der Waals surface area contributed by atoms with Crippen molar-refractivity contribution >= 4 is 17.5 Å². The predicted molar refractivity (Wildman–Crippen MR) is 106 cm³/mol. The summed E-state index contributed by atoms with van der Waals surface area (Å²) in [7, 11) is 0. The molecule has 1 aliphatic heterocycles. The third kappa shape index (κ3) is 5.96. The van der Waals surface area contributed by atoms with Crippen LogP contribution in [0.4, 0.5) is 0 Å². The van der Waals surface area contributed by atoms with Gasteiger partial charge in [0.25, 0.3) is 5.91 Å². The highest BCUT2D eigenvalue weighted by Gasteiger charge is 2.15. The number of hydrogen-bond donors (Lipinski definition) is 1. The molecule has 1 atom stereocenters. The summed E-state index contributed by atoms with van der Waals surface area (Å²) in [5.74, 6) is 0.335. The molecule has 0 aliphatic carbocycles.